The van der Waals surface area contributed by atoms with Crippen LogP contribution in [0.5, 0.6) is 0 Å². The van der Waals surface area contributed by atoms with Crippen LogP contribution in [-0.4, -0.2) is 13.0 Å². The largest absolute Gasteiger partial charge is 0.352 e. The maximum Gasteiger partial charge on any atom is 0.191 e. The van der Waals surface area contributed by atoms with Crippen molar-refractivity contribution in [3.63, 3.8) is 0 Å². The first-order valence-electron chi connectivity index (χ1n) is 7.26. The molecule has 128 valence electrons. The molecule has 24 heavy (non-hydrogen) atoms. The van der Waals surface area contributed by atoms with Crippen LogP contribution in [0.1, 0.15) is 24.1 Å². The van der Waals surface area contributed by atoms with Gasteiger partial charge in [0.25, 0.3) is 0 Å². The maximum atomic E-state index is 13.8. The van der Waals surface area contributed by atoms with E-state index in [9.17, 15) is 17.6 Å². The van der Waals surface area contributed by atoms with E-state index < -0.39 is 29.3 Å². The third-order valence-corrected chi connectivity index (χ3v) is 3.46. The zero-order chi connectivity index (χ0) is 17.7. The van der Waals surface area contributed by atoms with Crippen LogP contribution in [0.2, 0.25) is 0 Å². The zero-order valence-corrected chi connectivity index (χ0v) is 13.2. The lowest BCUT2D eigenvalue weighted by atomic mass is 10.1. The van der Waals surface area contributed by atoms with Crippen molar-refractivity contribution >= 4 is 5.96 Å². The van der Waals surface area contributed by atoms with E-state index in [1.165, 1.54) is 13.1 Å². The van der Waals surface area contributed by atoms with Gasteiger partial charge in [-0.25, -0.2) is 17.6 Å². The predicted molar refractivity (Wildman–Crippen MR) is 84.5 cm³/mol. The number of nitrogens with one attached hydrogen (secondary N) is 2. The van der Waals surface area contributed by atoms with E-state index in [1.807, 2.05) is 0 Å². The summed E-state index contributed by atoms with van der Waals surface area (Å²) in [6.45, 7) is 1.67. The quantitative estimate of drug-likeness (QED) is 0.507. The molecule has 1 atom stereocenters. The lowest BCUT2D eigenvalue weighted by Gasteiger charge is -2.19. The number of hydrogen-bond donors (Lipinski definition) is 2. The number of aliphatic imine (C=N–C) groups is 1. The molecule has 2 rings (SSSR count). The minimum Gasteiger partial charge on any atom is -0.352 e. The molecule has 2 N–H and O–H groups in total. The van der Waals surface area contributed by atoms with Crippen molar-refractivity contribution in [3.05, 3.63) is 70.8 Å². The summed E-state index contributed by atoms with van der Waals surface area (Å²) in [4.78, 5) is 3.95. The fourth-order valence-electron chi connectivity index (χ4n) is 2.19. The van der Waals surface area contributed by atoms with E-state index in [4.69, 9.17) is 0 Å². The Kier molecular flexibility index (Phi) is 5.78. The molecule has 0 aliphatic rings. The highest BCUT2D eigenvalue weighted by Gasteiger charge is 2.13. The Morgan fingerprint density at radius 1 is 1.00 bits per heavy atom. The average molecular weight is 339 g/mol. The first-order chi connectivity index (χ1) is 11.4. The molecule has 0 radical (unpaired) electrons. The smallest absolute Gasteiger partial charge is 0.191 e. The summed E-state index contributed by atoms with van der Waals surface area (Å²) in [6.07, 6.45) is 0. The van der Waals surface area contributed by atoms with Crippen molar-refractivity contribution in [2.75, 3.05) is 7.05 Å². The second kappa shape index (κ2) is 7.81. The van der Waals surface area contributed by atoms with Gasteiger partial charge in [0.2, 0.25) is 0 Å². The Bertz CT molecular complexity index is 747. The number of hydrogen-bond acceptors (Lipinski definition) is 1. The molecule has 0 spiro atoms. The summed E-state index contributed by atoms with van der Waals surface area (Å²) >= 11 is 0. The number of halogens is 4. The van der Waals surface area contributed by atoms with Crippen LogP contribution in [0.3, 0.4) is 0 Å². The standard InChI is InChI=1S/C17H17F4N3/c1-10(14-5-3-13(19)8-16(14)21)24-17(22-2)23-9-11-7-12(18)4-6-15(11)20/h3-8,10H,9H2,1-2H3,(H2,22,23,24). The van der Waals surface area contributed by atoms with Gasteiger partial charge in [0.05, 0.1) is 6.04 Å². The molecule has 0 aromatic heterocycles. The summed E-state index contributed by atoms with van der Waals surface area (Å²) in [5, 5.41) is 5.73. The molecule has 2 aromatic carbocycles. The highest BCUT2D eigenvalue weighted by atomic mass is 19.1. The van der Waals surface area contributed by atoms with Crippen molar-refractivity contribution in [1.29, 1.82) is 0 Å². The van der Waals surface area contributed by atoms with Crippen LogP contribution in [-0.2, 0) is 6.54 Å². The topological polar surface area (TPSA) is 36.4 Å². The van der Waals surface area contributed by atoms with E-state index in [1.54, 1.807) is 6.92 Å². The fourth-order valence-corrected chi connectivity index (χ4v) is 2.19. The minimum absolute atomic E-state index is 0.00187. The maximum absolute atomic E-state index is 13.8. The van der Waals surface area contributed by atoms with Crippen LogP contribution in [0.25, 0.3) is 0 Å². The van der Waals surface area contributed by atoms with E-state index in [-0.39, 0.29) is 23.6 Å². The first kappa shape index (κ1) is 17.8. The van der Waals surface area contributed by atoms with Gasteiger partial charge in [0.1, 0.15) is 23.3 Å². The van der Waals surface area contributed by atoms with E-state index >= 15 is 0 Å². The summed E-state index contributed by atoms with van der Waals surface area (Å²) in [7, 11) is 1.49. The SMILES string of the molecule is CN=C(NCc1cc(F)ccc1F)NC(C)c1ccc(F)cc1F. The minimum atomic E-state index is -0.679. The van der Waals surface area contributed by atoms with Crippen LogP contribution in [0.4, 0.5) is 17.6 Å². The summed E-state index contributed by atoms with van der Waals surface area (Å²) < 4.78 is 53.5. The molecule has 7 heteroatoms. The van der Waals surface area contributed by atoms with Crippen molar-refractivity contribution in [2.45, 2.75) is 19.5 Å². The number of guanidine groups is 1. The summed E-state index contributed by atoms with van der Waals surface area (Å²) in [5.41, 5.74) is 0.398. The van der Waals surface area contributed by atoms with Crippen molar-refractivity contribution in [2.24, 2.45) is 4.99 Å². The van der Waals surface area contributed by atoms with Crippen molar-refractivity contribution in [1.82, 2.24) is 10.6 Å². The molecular formula is C17H17F4N3. The van der Waals surface area contributed by atoms with E-state index in [0.29, 0.717) is 0 Å². The number of benzene rings is 2. The molecule has 0 fully saturated rings. The molecule has 0 heterocycles. The Morgan fingerprint density at radius 3 is 2.33 bits per heavy atom. The van der Waals surface area contributed by atoms with Gasteiger partial charge in [-0.3, -0.25) is 4.99 Å². The summed E-state index contributed by atoms with van der Waals surface area (Å²) in [5.74, 6) is -2.15. The molecule has 0 amide bonds. The Hall–Kier alpha value is -2.57. The third kappa shape index (κ3) is 4.47. The highest BCUT2D eigenvalue weighted by molar-refractivity contribution is 5.80. The Morgan fingerprint density at radius 2 is 1.67 bits per heavy atom. The van der Waals surface area contributed by atoms with Crippen LogP contribution in [0.15, 0.2) is 41.4 Å². The molecule has 0 aliphatic carbocycles. The Labute approximate surface area is 137 Å². The van der Waals surface area contributed by atoms with Gasteiger partial charge in [0, 0.05) is 30.8 Å². The predicted octanol–water partition coefficient (Wildman–Crippen LogP) is 3.67. The lowest BCUT2D eigenvalue weighted by Crippen LogP contribution is -2.38. The van der Waals surface area contributed by atoms with Gasteiger partial charge < -0.3 is 10.6 Å². The number of rotatable bonds is 4. The van der Waals surface area contributed by atoms with Gasteiger partial charge in [-0.1, -0.05) is 6.07 Å². The van der Waals surface area contributed by atoms with Gasteiger partial charge in [0.15, 0.2) is 5.96 Å². The molecule has 0 saturated heterocycles. The molecule has 1 unspecified atom stereocenters. The van der Waals surface area contributed by atoms with E-state index in [0.717, 1.165) is 30.3 Å². The fraction of sp³-hybridized carbons (Fsp3) is 0.235. The first-order valence-corrected chi connectivity index (χ1v) is 7.26. The van der Waals surface area contributed by atoms with Gasteiger partial charge in [-0.2, -0.15) is 0 Å². The van der Waals surface area contributed by atoms with Gasteiger partial charge >= 0.3 is 0 Å². The normalized spacial score (nSPS) is 12.8. The number of nitrogens with zero attached hydrogens (tertiary/aromatic N) is 1. The van der Waals surface area contributed by atoms with Crippen LogP contribution >= 0.6 is 0 Å². The third-order valence-electron chi connectivity index (χ3n) is 3.46. The van der Waals surface area contributed by atoms with Crippen LogP contribution < -0.4 is 10.6 Å². The molecule has 0 bridgehead atoms. The highest BCUT2D eigenvalue weighted by Crippen LogP contribution is 2.17. The van der Waals surface area contributed by atoms with E-state index in [2.05, 4.69) is 15.6 Å². The molecule has 0 saturated carbocycles. The second-order valence-corrected chi connectivity index (χ2v) is 5.19. The molecule has 0 aliphatic heterocycles. The van der Waals surface area contributed by atoms with Crippen molar-refractivity contribution < 1.29 is 17.6 Å². The summed E-state index contributed by atoms with van der Waals surface area (Å²) in [6, 6.07) is 5.94. The Balaban J connectivity index is 2.03. The van der Waals surface area contributed by atoms with Gasteiger partial charge in [-0.05, 0) is 31.2 Å². The van der Waals surface area contributed by atoms with Gasteiger partial charge in [-0.15, -0.1) is 0 Å². The molecule has 2 aromatic rings. The zero-order valence-electron chi connectivity index (χ0n) is 13.2. The second-order valence-electron chi connectivity index (χ2n) is 5.19. The molecular weight excluding hydrogens is 322 g/mol. The van der Waals surface area contributed by atoms with Crippen molar-refractivity contribution in [3.8, 4) is 0 Å². The average Bonchev–Trinajstić information content (AvgIpc) is 2.54. The molecule has 3 nitrogen and oxygen atoms in total. The van der Waals surface area contributed by atoms with Crippen LogP contribution in [0, 0.1) is 23.3 Å². The lowest BCUT2D eigenvalue weighted by molar-refractivity contribution is 0.549. The monoisotopic (exact) mass is 339 g/mol.